The van der Waals surface area contributed by atoms with Crippen LogP contribution in [0.1, 0.15) is 0 Å². The maximum Gasteiger partial charge on any atom is 0.133 e. The van der Waals surface area contributed by atoms with Crippen molar-refractivity contribution < 1.29 is 4.74 Å². The summed E-state index contributed by atoms with van der Waals surface area (Å²) in [7, 11) is 1.67. The number of fused-ring (bicyclic) bond motifs is 1. The molecule has 3 nitrogen and oxygen atoms in total. The van der Waals surface area contributed by atoms with Crippen molar-refractivity contribution in [1.82, 2.24) is 9.97 Å². The third kappa shape index (κ3) is 1.79. The predicted octanol–water partition coefficient (Wildman–Crippen LogP) is 2.85. The monoisotopic (exact) mass is 412 g/mol. The normalized spacial score (nSPS) is 10.5. The molecule has 0 aliphatic carbocycles. The molecule has 14 heavy (non-hydrogen) atoms. The highest BCUT2D eigenvalue weighted by molar-refractivity contribution is 14.1. The van der Waals surface area contributed by atoms with Gasteiger partial charge in [0.05, 0.1) is 16.2 Å². The molecule has 0 amide bonds. The molecule has 1 aromatic carbocycles. The molecule has 0 spiro atoms. The SMILES string of the molecule is COc1cc2c(I)ncnc2cc1I. The smallest absolute Gasteiger partial charge is 0.133 e. The number of nitrogens with zero attached hydrogens (tertiary/aromatic N) is 2. The Balaban J connectivity index is 2.80. The van der Waals surface area contributed by atoms with Crippen molar-refractivity contribution in [2.45, 2.75) is 0 Å². The number of methoxy groups -OCH3 is 1. The van der Waals surface area contributed by atoms with Gasteiger partial charge in [0.25, 0.3) is 0 Å². The Morgan fingerprint density at radius 3 is 2.71 bits per heavy atom. The largest absolute Gasteiger partial charge is 0.496 e. The zero-order valence-corrected chi connectivity index (χ0v) is 11.6. The van der Waals surface area contributed by atoms with Crippen molar-refractivity contribution in [3.63, 3.8) is 0 Å². The highest BCUT2D eigenvalue weighted by Gasteiger charge is 2.06. The van der Waals surface area contributed by atoms with E-state index in [1.54, 1.807) is 13.4 Å². The Kier molecular flexibility index (Phi) is 3.05. The molecule has 0 aliphatic rings. The highest BCUT2D eigenvalue weighted by atomic mass is 127. The summed E-state index contributed by atoms with van der Waals surface area (Å²) in [4.78, 5) is 8.33. The Labute approximate surface area is 109 Å². The molecule has 0 aliphatic heterocycles. The van der Waals surface area contributed by atoms with Gasteiger partial charge in [0.15, 0.2) is 0 Å². The van der Waals surface area contributed by atoms with E-state index in [-0.39, 0.29) is 0 Å². The van der Waals surface area contributed by atoms with Gasteiger partial charge in [-0.3, -0.25) is 0 Å². The fraction of sp³-hybridized carbons (Fsp3) is 0.111. The lowest BCUT2D eigenvalue weighted by molar-refractivity contribution is 0.412. The average Bonchev–Trinajstić information content (AvgIpc) is 2.17. The number of rotatable bonds is 1. The topological polar surface area (TPSA) is 35.0 Å². The first-order chi connectivity index (χ1) is 6.72. The van der Waals surface area contributed by atoms with Crippen molar-refractivity contribution in [3.05, 3.63) is 25.7 Å². The van der Waals surface area contributed by atoms with E-state index in [2.05, 4.69) is 55.1 Å². The van der Waals surface area contributed by atoms with Gasteiger partial charge in [-0.25, -0.2) is 9.97 Å². The third-order valence-corrected chi connectivity index (χ3v) is 3.56. The molecule has 0 bridgehead atoms. The second-order valence-electron chi connectivity index (χ2n) is 2.67. The maximum atomic E-state index is 5.24. The van der Waals surface area contributed by atoms with Crippen LogP contribution in [0.3, 0.4) is 0 Å². The van der Waals surface area contributed by atoms with E-state index in [0.717, 1.165) is 23.9 Å². The van der Waals surface area contributed by atoms with E-state index in [0.29, 0.717) is 0 Å². The molecule has 0 fully saturated rings. The summed E-state index contributed by atoms with van der Waals surface area (Å²) in [6.07, 6.45) is 1.58. The van der Waals surface area contributed by atoms with Gasteiger partial charge in [0.1, 0.15) is 15.8 Å². The number of halogens is 2. The summed E-state index contributed by atoms with van der Waals surface area (Å²) in [6, 6.07) is 3.97. The second-order valence-corrected chi connectivity index (χ2v) is 4.85. The van der Waals surface area contributed by atoms with E-state index < -0.39 is 0 Å². The minimum Gasteiger partial charge on any atom is -0.496 e. The summed E-state index contributed by atoms with van der Waals surface area (Å²) in [5.41, 5.74) is 0.953. The summed E-state index contributed by atoms with van der Waals surface area (Å²) < 4.78 is 7.25. The van der Waals surface area contributed by atoms with Crippen LogP contribution >= 0.6 is 45.2 Å². The van der Waals surface area contributed by atoms with Crippen LogP contribution in [0.4, 0.5) is 0 Å². The molecule has 0 saturated heterocycles. The molecule has 72 valence electrons. The average molecular weight is 412 g/mol. The summed E-state index contributed by atoms with van der Waals surface area (Å²) >= 11 is 4.43. The van der Waals surface area contributed by atoms with Gasteiger partial charge in [-0.15, -0.1) is 0 Å². The Morgan fingerprint density at radius 2 is 2.00 bits per heavy atom. The molecule has 1 heterocycles. The lowest BCUT2D eigenvalue weighted by Crippen LogP contribution is -1.91. The minimum atomic E-state index is 0.866. The van der Waals surface area contributed by atoms with Crippen LogP contribution in [0.25, 0.3) is 10.9 Å². The first-order valence-corrected chi connectivity index (χ1v) is 6.02. The molecule has 0 N–H and O–H groups in total. The maximum absolute atomic E-state index is 5.24. The molecule has 5 heteroatoms. The lowest BCUT2D eigenvalue weighted by atomic mass is 10.2. The van der Waals surface area contributed by atoms with E-state index in [4.69, 9.17) is 4.74 Å². The van der Waals surface area contributed by atoms with Crippen LogP contribution in [-0.2, 0) is 0 Å². The van der Waals surface area contributed by atoms with E-state index in [1.165, 1.54) is 0 Å². The molecule has 0 saturated carbocycles. The number of ether oxygens (including phenoxy) is 1. The standard InChI is InChI=1S/C9H6I2N2O/c1-14-8-2-5-7(3-6(8)10)12-4-13-9(5)11/h2-4H,1H3. The number of benzene rings is 1. The van der Waals surface area contributed by atoms with Gasteiger partial charge in [0, 0.05) is 5.39 Å². The minimum absolute atomic E-state index is 0.866. The Hall–Kier alpha value is -0.180. The third-order valence-electron chi connectivity index (χ3n) is 1.86. The summed E-state index contributed by atoms with van der Waals surface area (Å²) in [6.45, 7) is 0. The first-order valence-electron chi connectivity index (χ1n) is 3.86. The van der Waals surface area contributed by atoms with Gasteiger partial charge in [0.2, 0.25) is 0 Å². The zero-order valence-electron chi connectivity index (χ0n) is 7.29. The van der Waals surface area contributed by atoms with Crippen molar-refractivity contribution in [2.75, 3.05) is 7.11 Å². The molecular weight excluding hydrogens is 406 g/mol. The molecule has 2 aromatic rings. The van der Waals surface area contributed by atoms with Gasteiger partial charge in [-0.05, 0) is 57.3 Å². The van der Waals surface area contributed by atoms with Crippen LogP contribution in [0.2, 0.25) is 0 Å². The van der Waals surface area contributed by atoms with Crippen molar-refractivity contribution >= 4 is 56.1 Å². The number of hydrogen-bond donors (Lipinski definition) is 0. The molecule has 1 aromatic heterocycles. The van der Waals surface area contributed by atoms with E-state index in [9.17, 15) is 0 Å². The first kappa shape index (κ1) is 10.3. The number of aromatic nitrogens is 2. The van der Waals surface area contributed by atoms with Crippen molar-refractivity contribution in [2.24, 2.45) is 0 Å². The summed E-state index contributed by atoms with van der Waals surface area (Å²) in [5, 5.41) is 1.03. The molecule has 0 radical (unpaired) electrons. The predicted molar refractivity (Wildman–Crippen MR) is 71.5 cm³/mol. The van der Waals surface area contributed by atoms with E-state index >= 15 is 0 Å². The second kappa shape index (κ2) is 4.13. The number of hydrogen-bond acceptors (Lipinski definition) is 3. The van der Waals surface area contributed by atoms with Gasteiger partial charge >= 0.3 is 0 Å². The molecule has 2 rings (SSSR count). The van der Waals surface area contributed by atoms with Crippen LogP contribution in [0.15, 0.2) is 18.5 Å². The quantitative estimate of drug-likeness (QED) is 0.534. The van der Waals surface area contributed by atoms with Crippen LogP contribution < -0.4 is 4.74 Å². The Bertz CT molecular complexity index is 487. The van der Waals surface area contributed by atoms with Crippen molar-refractivity contribution in [1.29, 1.82) is 0 Å². The van der Waals surface area contributed by atoms with E-state index in [1.807, 2.05) is 12.1 Å². The fourth-order valence-electron chi connectivity index (χ4n) is 1.18. The van der Waals surface area contributed by atoms with Crippen LogP contribution in [0, 0.1) is 7.27 Å². The lowest BCUT2D eigenvalue weighted by Gasteiger charge is -2.05. The van der Waals surface area contributed by atoms with Crippen molar-refractivity contribution in [3.8, 4) is 5.75 Å². The van der Waals surface area contributed by atoms with Gasteiger partial charge in [-0.1, -0.05) is 0 Å². The molecule has 0 atom stereocenters. The highest BCUT2D eigenvalue weighted by Crippen LogP contribution is 2.27. The molecular formula is C9H6I2N2O. The van der Waals surface area contributed by atoms with Gasteiger partial charge < -0.3 is 4.74 Å². The molecule has 0 unspecified atom stereocenters. The van der Waals surface area contributed by atoms with Crippen LogP contribution in [-0.4, -0.2) is 17.1 Å². The fourth-order valence-corrected chi connectivity index (χ4v) is 2.41. The summed E-state index contributed by atoms with van der Waals surface area (Å²) in [5.74, 6) is 0.866. The van der Waals surface area contributed by atoms with Crippen LogP contribution in [0.5, 0.6) is 5.75 Å². The Morgan fingerprint density at radius 1 is 1.21 bits per heavy atom. The van der Waals surface area contributed by atoms with Gasteiger partial charge in [-0.2, -0.15) is 0 Å². The zero-order chi connectivity index (χ0) is 10.1.